The van der Waals surface area contributed by atoms with Crippen LogP contribution in [0.4, 0.5) is 5.69 Å². The molecule has 0 bridgehead atoms. The van der Waals surface area contributed by atoms with Crippen LogP contribution in [0.25, 0.3) is 0 Å². The third-order valence-corrected chi connectivity index (χ3v) is 3.75. The van der Waals surface area contributed by atoms with Crippen molar-refractivity contribution in [1.82, 2.24) is 0 Å². The van der Waals surface area contributed by atoms with Gasteiger partial charge in [0.2, 0.25) is 0 Å². The number of benzene rings is 2. The predicted octanol–water partition coefficient (Wildman–Crippen LogP) is 4.23. The van der Waals surface area contributed by atoms with E-state index in [2.05, 4.69) is 5.32 Å². The van der Waals surface area contributed by atoms with E-state index in [1.807, 2.05) is 6.92 Å². The Morgan fingerprint density at radius 2 is 1.84 bits per heavy atom. The van der Waals surface area contributed by atoms with Gasteiger partial charge in [0.05, 0.1) is 12.2 Å². The van der Waals surface area contributed by atoms with E-state index in [-0.39, 0.29) is 5.91 Å². The van der Waals surface area contributed by atoms with Crippen molar-refractivity contribution in [2.45, 2.75) is 26.9 Å². The van der Waals surface area contributed by atoms with Crippen molar-refractivity contribution in [2.75, 3.05) is 11.9 Å². The van der Waals surface area contributed by atoms with Crippen LogP contribution in [0, 0.1) is 6.92 Å². The zero-order chi connectivity index (χ0) is 18.4. The molecule has 1 N–H and O–H groups in total. The maximum atomic E-state index is 12.4. The lowest BCUT2D eigenvalue weighted by molar-refractivity contribution is -0.122. The van der Waals surface area contributed by atoms with Gasteiger partial charge in [-0.2, -0.15) is 0 Å². The molecule has 2 aromatic rings. The molecule has 5 nitrogen and oxygen atoms in total. The molecule has 0 aromatic heterocycles. The van der Waals surface area contributed by atoms with Gasteiger partial charge in [0.1, 0.15) is 5.75 Å². The number of hydrogen-bond acceptors (Lipinski definition) is 4. The fraction of sp³-hybridized carbons (Fsp3) is 0.263. The van der Waals surface area contributed by atoms with Gasteiger partial charge in [-0.1, -0.05) is 17.7 Å². The van der Waals surface area contributed by atoms with Crippen molar-refractivity contribution >= 4 is 29.2 Å². The molecule has 0 radical (unpaired) electrons. The summed E-state index contributed by atoms with van der Waals surface area (Å²) < 4.78 is 10.6. The van der Waals surface area contributed by atoms with Gasteiger partial charge >= 0.3 is 5.97 Å². The second-order valence-corrected chi connectivity index (χ2v) is 5.89. The van der Waals surface area contributed by atoms with Crippen molar-refractivity contribution in [2.24, 2.45) is 0 Å². The van der Waals surface area contributed by atoms with E-state index in [0.717, 1.165) is 5.56 Å². The number of carbonyl (C=O) groups is 2. The number of rotatable bonds is 6. The van der Waals surface area contributed by atoms with E-state index in [4.69, 9.17) is 21.1 Å². The maximum absolute atomic E-state index is 12.4. The molecule has 1 amide bonds. The molecule has 0 fully saturated rings. The Morgan fingerprint density at radius 3 is 2.48 bits per heavy atom. The topological polar surface area (TPSA) is 64.6 Å². The van der Waals surface area contributed by atoms with Crippen molar-refractivity contribution in [3.05, 3.63) is 58.6 Å². The first-order valence-electron chi connectivity index (χ1n) is 7.91. The number of amides is 1. The van der Waals surface area contributed by atoms with Gasteiger partial charge in [-0.05, 0) is 62.7 Å². The molecule has 0 spiro atoms. The van der Waals surface area contributed by atoms with Gasteiger partial charge < -0.3 is 14.8 Å². The lowest BCUT2D eigenvalue weighted by Gasteiger charge is -2.16. The highest BCUT2D eigenvalue weighted by molar-refractivity contribution is 6.30. The lowest BCUT2D eigenvalue weighted by atomic mass is 10.1. The summed E-state index contributed by atoms with van der Waals surface area (Å²) in [5.41, 5.74) is 1.76. The Kier molecular flexibility index (Phi) is 6.42. The number of aryl methyl sites for hydroxylation is 1. The van der Waals surface area contributed by atoms with E-state index in [0.29, 0.717) is 28.6 Å². The molecule has 0 unspecified atom stereocenters. The second kappa shape index (κ2) is 8.53. The van der Waals surface area contributed by atoms with E-state index in [1.165, 1.54) is 0 Å². The van der Waals surface area contributed by atoms with Gasteiger partial charge in [0, 0.05) is 10.7 Å². The Hall–Kier alpha value is -2.53. The minimum Gasteiger partial charge on any atom is -0.481 e. The SMILES string of the molecule is CCOC(=O)c1ccc(C)c(NC(=O)[C@H](C)Oc2ccc(Cl)cc2)c1. The third-order valence-electron chi connectivity index (χ3n) is 3.50. The van der Waals surface area contributed by atoms with E-state index < -0.39 is 12.1 Å². The zero-order valence-corrected chi connectivity index (χ0v) is 15.1. The Morgan fingerprint density at radius 1 is 1.16 bits per heavy atom. The molecule has 0 aliphatic carbocycles. The van der Waals surface area contributed by atoms with Crippen LogP contribution in [0.5, 0.6) is 5.75 Å². The zero-order valence-electron chi connectivity index (χ0n) is 14.3. The quantitative estimate of drug-likeness (QED) is 0.782. The fourth-order valence-corrected chi connectivity index (χ4v) is 2.23. The molecule has 0 heterocycles. The number of halogens is 1. The normalized spacial score (nSPS) is 11.5. The molecule has 6 heteroatoms. The molecular formula is C19H20ClNO4. The van der Waals surface area contributed by atoms with Gasteiger partial charge in [-0.15, -0.1) is 0 Å². The number of carbonyl (C=O) groups excluding carboxylic acids is 2. The van der Waals surface area contributed by atoms with Gasteiger partial charge in [-0.25, -0.2) is 4.79 Å². The number of ether oxygens (including phenoxy) is 2. The van der Waals surface area contributed by atoms with Crippen molar-refractivity contribution in [3.63, 3.8) is 0 Å². The summed E-state index contributed by atoms with van der Waals surface area (Å²) in [6.45, 7) is 5.52. The molecule has 25 heavy (non-hydrogen) atoms. The number of hydrogen-bond donors (Lipinski definition) is 1. The molecule has 0 aliphatic rings. The second-order valence-electron chi connectivity index (χ2n) is 5.45. The number of anilines is 1. The van der Waals surface area contributed by atoms with Crippen LogP contribution in [0.3, 0.4) is 0 Å². The predicted molar refractivity (Wildman–Crippen MR) is 97.3 cm³/mol. The highest BCUT2D eigenvalue weighted by Crippen LogP contribution is 2.20. The third kappa shape index (κ3) is 5.22. The van der Waals surface area contributed by atoms with E-state index in [1.54, 1.807) is 56.3 Å². The Labute approximate surface area is 151 Å². The van der Waals surface area contributed by atoms with E-state index in [9.17, 15) is 9.59 Å². The summed E-state index contributed by atoms with van der Waals surface area (Å²) in [4.78, 5) is 24.2. The van der Waals surface area contributed by atoms with E-state index >= 15 is 0 Å². The van der Waals surface area contributed by atoms with Crippen LogP contribution < -0.4 is 10.1 Å². The van der Waals surface area contributed by atoms with Crippen molar-refractivity contribution in [1.29, 1.82) is 0 Å². The van der Waals surface area contributed by atoms with Crippen LogP contribution in [-0.4, -0.2) is 24.6 Å². The first-order chi connectivity index (χ1) is 11.9. The van der Waals surface area contributed by atoms with Crippen LogP contribution in [0.1, 0.15) is 29.8 Å². The van der Waals surface area contributed by atoms with Crippen LogP contribution in [0.15, 0.2) is 42.5 Å². The average molecular weight is 362 g/mol. The molecule has 0 saturated heterocycles. The summed E-state index contributed by atoms with van der Waals surface area (Å²) in [5, 5.41) is 3.37. The number of nitrogens with one attached hydrogen (secondary N) is 1. The highest BCUT2D eigenvalue weighted by Gasteiger charge is 2.17. The summed E-state index contributed by atoms with van der Waals surface area (Å²) in [6, 6.07) is 11.8. The summed E-state index contributed by atoms with van der Waals surface area (Å²) in [7, 11) is 0. The van der Waals surface area contributed by atoms with Crippen LogP contribution in [0.2, 0.25) is 5.02 Å². The summed E-state index contributed by atoms with van der Waals surface area (Å²) in [5.74, 6) is -0.202. The largest absolute Gasteiger partial charge is 0.481 e. The molecule has 1 atom stereocenters. The molecule has 2 aromatic carbocycles. The minimum absolute atomic E-state index is 0.292. The smallest absolute Gasteiger partial charge is 0.338 e. The first-order valence-corrected chi connectivity index (χ1v) is 8.29. The molecule has 0 aliphatic heterocycles. The minimum atomic E-state index is -0.716. The molecule has 0 saturated carbocycles. The summed E-state index contributed by atoms with van der Waals surface area (Å²) >= 11 is 5.83. The van der Waals surface area contributed by atoms with Crippen molar-refractivity contribution in [3.8, 4) is 5.75 Å². The molecular weight excluding hydrogens is 342 g/mol. The van der Waals surface area contributed by atoms with Crippen LogP contribution in [-0.2, 0) is 9.53 Å². The molecule has 2 rings (SSSR count). The van der Waals surface area contributed by atoms with Gasteiger partial charge in [0.25, 0.3) is 5.91 Å². The monoisotopic (exact) mass is 361 g/mol. The standard InChI is InChI=1S/C19H20ClNO4/c1-4-24-19(23)14-6-5-12(2)17(11-14)21-18(22)13(3)25-16-9-7-15(20)8-10-16/h5-11,13H,4H2,1-3H3,(H,21,22)/t13-/m0/s1. The highest BCUT2D eigenvalue weighted by atomic mass is 35.5. The van der Waals surface area contributed by atoms with Crippen LogP contribution >= 0.6 is 11.6 Å². The Balaban J connectivity index is 2.07. The fourth-order valence-electron chi connectivity index (χ4n) is 2.10. The van der Waals surface area contributed by atoms with Crippen molar-refractivity contribution < 1.29 is 19.1 Å². The lowest BCUT2D eigenvalue weighted by Crippen LogP contribution is -2.30. The summed E-state index contributed by atoms with van der Waals surface area (Å²) in [6.07, 6.45) is -0.716. The first kappa shape index (κ1) is 18.8. The average Bonchev–Trinajstić information content (AvgIpc) is 2.59. The maximum Gasteiger partial charge on any atom is 0.338 e. The number of esters is 1. The molecule has 132 valence electrons. The van der Waals surface area contributed by atoms with Gasteiger partial charge in [-0.3, -0.25) is 4.79 Å². The Bertz CT molecular complexity index is 759. The van der Waals surface area contributed by atoms with Gasteiger partial charge in [0.15, 0.2) is 6.10 Å².